The van der Waals surface area contributed by atoms with Crippen LogP contribution >= 0.6 is 23.4 Å². The van der Waals surface area contributed by atoms with Crippen molar-refractivity contribution in [3.05, 3.63) is 88.4 Å². The topological polar surface area (TPSA) is 59.9 Å². The molecule has 0 radical (unpaired) electrons. The molecule has 1 amide bonds. The van der Waals surface area contributed by atoms with Crippen molar-refractivity contribution >= 4 is 35.0 Å². The summed E-state index contributed by atoms with van der Waals surface area (Å²) in [5.41, 5.74) is 5.85. The largest absolute Gasteiger partial charge is 0.486 e. The number of carbonyl (C=O) groups is 1. The summed E-state index contributed by atoms with van der Waals surface area (Å²) in [6.45, 7) is 2.91. The zero-order valence-electron chi connectivity index (χ0n) is 16.9. The lowest BCUT2D eigenvalue weighted by Crippen LogP contribution is -2.19. The second kappa shape index (κ2) is 9.90. The second-order valence-electron chi connectivity index (χ2n) is 6.94. The Morgan fingerprint density at radius 2 is 1.65 bits per heavy atom. The monoisotopic (exact) mass is 452 g/mol. The zero-order valence-corrected chi connectivity index (χ0v) is 18.5. The summed E-state index contributed by atoms with van der Waals surface area (Å²) < 4.78 is 11.1. The van der Waals surface area contributed by atoms with E-state index in [-0.39, 0.29) is 5.91 Å². The molecule has 0 saturated heterocycles. The Morgan fingerprint density at radius 1 is 0.968 bits per heavy atom. The van der Waals surface area contributed by atoms with Crippen LogP contribution in [0.2, 0.25) is 5.02 Å². The fourth-order valence-corrected chi connectivity index (χ4v) is 3.96. The van der Waals surface area contributed by atoms with Gasteiger partial charge in [-0.15, -0.1) is 11.8 Å². The van der Waals surface area contributed by atoms with Crippen molar-refractivity contribution < 1.29 is 14.3 Å². The van der Waals surface area contributed by atoms with E-state index in [9.17, 15) is 4.79 Å². The van der Waals surface area contributed by atoms with Crippen LogP contribution in [0, 0.1) is 0 Å². The first-order chi connectivity index (χ1) is 15.1. The first kappa shape index (κ1) is 21.3. The van der Waals surface area contributed by atoms with Gasteiger partial charge in [-0.2, -0.15) is 5.10 Å². The fraction of sp³-hybridized carbons (Fsp3) is 0.167. The highest BCUT2D eigenvalue weighted by atomic mass is 35.5. The molecule has 3 aromatic rings. The molecule has 1 aliphatic rings. The molecule has 4 rings (SSSR count). The Balaban J connectivity index is 1.34. The van der Waals surface area contributed by atoms with Gasteiger partial charge in [-0.05, 0) is 67.1 Å². The third kappa shape index (κ3) is 5.60. The predicted molar refractivity (Wildman–Crippen MR) is 125 cm³/mol. The highest BCUT2D eigenvalue weighted by Crippen LogP contribution is 2.31. The highest BCUT2D eigenvalue weighted by Gasteiger charge is 2.13. The molecule has 31 heavy (non-hydrogen) atoms. The average molecular weight is 453 g/mol. The van der Waals surface area contributed by atoms with Crippen molar-refractivity contribution in [3.8, 4) is 11.5 Å². The number of nitrogens with one attached hydrogen (secondary N) is 1. The van der Waals surface area contributed by atoms with Crippen LogP contribution in [0.15, 0.2) is 76.7 Å². The minimum atomic E-state index is -0.256. The number of halogens is 1. The Labute approximate surface area is 190 Å². The SMILES string of the molecule is C/C(=N/NC(=O)c1ccc(CSc2ccc(Cl)cc2)cc1)c1ccc2c(c1)OCCO2. The van der Waals surface area contributed by atoms with Gasteiger partial charge in [0, 0.05) is 26.8 Å². The summed E-state index contributed by atoms with van der Waals surface area (Å²) in [5, 5.41) is 4.96. The molecule has 0 aromatic heterocycles. The Morgan fingerprint density at radius 3 is 2.39 bits per heavy atom. The smallest absolute Gasteiger partial charge is 0.271 e. The van der Waals surface area contributed by atoms with Gasteiger partial charge in [0.25, 0.3) is 5.91 Å². The van der Waals surface area contributed by atoms with Gasteiger partial charge < -0.3 is 9.47 Å². The lowest BCUT2D eigenvalue weighted by molar-refractivity contribution is 0.0955. The molecule has 0 saturated carbocycles. The van der Waals surface area contributed by atoms with Gasteiger partial charge in [0.05, 0.1) is 5.71 Å². The van der Waals surface area contributed by atoms with E-state index in [1.54, 1.807) is 11.8 Å². The quantitative estimate of drug-likeness (QED) is 0.302. The van der Waals surface area contributed by atoms with Gasteiger partial charge in [0.2, 0.25) is 0 Å². The zero-order chi connectivity index (χ0) is 21.6. The van der Waals surface area contributed by atoms with E-state index in [0.717, 1.165) is 32.5 Å². The molecule has 0 unspecified atom stereocenters. The first-order valence-corrected chi connectivity index (χ1v) is 11.2. The molecule has 0 bridgehead atoms. The van der Waals surface area contributed by atoms with Crippen LogP contribution in [-0.2, 0) is 5.75 Å². The van der Waals surface area contributed by atoms with Crippen LogP contribution < -0.4 is 14.9 Å². The molecule has 158 valence electrons. The number of hydrazone groups is 1. The molecule has 1 aliphatic heterocycles. The van der Waals surface area contributed by atoms with E-state index >= 15 is 0 Å². The Hall–Kier alpha value is -2.96. The van der Waals surface area contributed by atoms with Crippen molar-refractivity contribution in [2.75, 3.05) is 13.2 Å². The molecule has 1 N–H and O–H groups in total. The highest BCUT2D eigenvalue weighted by molar-refractivity contribution is 7.98. The number of carbonyl (C=O) groups excluding carboxylic acids is 1. The molecule has 3 aromatic carbocycles. The molecule has 0 aliphatic carbocycles. The van der Waals surface area contributed by atoms with Crippen molar-refractivity contribution in [2.24, 2.45) is 5.10 Å². The summed E-state index contributed by atoms with van der Waals surface area (Å²) in [4.78, 5) is 13.6. The maximum atomic E-state index is 12.5. The minimum absolute atomic E-state index is 0.256. The lowest BCUT2D eigenvalue weighted by atomic mass is 10.1. The summed E-state index contributed by atoms with van der Waals surface area (Å²) >= 11 is 7.63. The van der Waals surface area contributed by atoms with Crippen LogP contribution in [0.1, 0.15) is 28.4 Å². The van der Waals surface area contributed by atoms with E-state index in [0.29, 0.717) is 30.2 Å². The summed E-state index contributed by atoms with van der Waals surface area (Å²) in [6, 6.07) is 20.9. The van der Waals surface area contributed by atoms with Crippen LogP contribution in [-0.4, -0.2) is 24.8 Å². The number of rotatable bonds is 6. The Bertz CT molecular complexity index is 1100. The van der Waals surface area contributed by atoms with E-state index in [4.69, 9.17) is 21.1 Å². The van der Waals surface area contributed by atoms with Crippen molar-refractivity contribution in [1.82, 2.24) is 5.43 Å². The number of benzene rings is 3. The number of nitrogens with zero attached hydrogens (tertiary/aromatic N) is 1. The standard InChI is InChI=1S/C24H21ClN2O3S/c1-16(19-6-11-22-23(14-19)30-13-12-29-22)26-27-24(28)18-4-2-17(3-5-18)15-31-21-9-7-20(25)8-10-21/h2-11,14H,12-13,15H2,1H3,(H,27,28)/b26-16-. The summed E-state index contributed by atoms with van der Waals surface area (Å²) in [5.74, 6) is 1.97. The van der Waals surface area contributed by atoms with Gasteiger partial charge in [-0.25, -0.2) is 5.43 Å². The molecule has 0 spiro atoms. The number of fused-ring (bicyclic) bond motifs is 1. The van der Waals surface area contributed by atoms with E-state index in [2.05, 4.69) is 10.5 Å². The van der Waals surface area contributed by atoms with Gasteiger partial charge in [0.15, 0.2) is 11.5 Å². The number of hydrogen-bond donors (Lipinski definition) is 1. The number of amides is 1. The molecule has 7 heteroatoms. The van der Waals surface area contributed by atoms with Crippen LogP contribution in [0.5, 0.6) is 11.5 Å². The number of thioether (sulfide) groups is 1. The molecule has 0 fully saturated rings. The van der Waals surface area contributed by atoms with Crippen molar-refractivity contribution in [3.63, 3.8) is 0 Å². The van der Waals surface area contributed by atoms with E-state index in [1.165, 1.54) is 0 Å². The summed E-state index contributed by atoms with van der Waals surface area (Å²) in [6.07, 6.45) is 0. The predicted octanol–water partition coefficient (Wildman–Crippen LogP) is 5.56. The van der Waals surface area contributed by atoms with E-state index < -0.39 is 0 Å². The molecule has 1 heterocycles. The maximum absolute atomic E-state index is 12.5. The first-order valence-electron chi connectivity index (χ1n) is 9.80. The van der Waals surface area contributed by atoms with Gasteiger partial charge in [-0.3, -0.25) is 4.79 Å². The van der Waals surface area contributed by atoms with E-state index in [1.807, 2.05) is 73.7 Å². The van der Waals surface area contributed by atoms with Gasteiger partial charge >= 0.3 is 0 Å². The van der Waals surface area contributed by atoms with Gasteiger partial charge in [0.1, 0.15) is 13.2 Å². The normalized spacial score (nSPS) is 13.0. The fourth-order valence-electron chi connectivity index (χ4n) is 2.98. The number of hydrogen-bond acceptors (Lipinski definition) is 5. The number of ether oxygens (including phenoxy) is 2. The Kier molecular flexibility index (Phi) is 6.79. The molecular weight excluding hydrogens is 432 g/mol. The van der Waals surface area contributed by atoms with Crippen LogP contribution in [0.3, 0.4) is 0 Å². The van der Waals surface area contributed by atoms with Crippen LogP contribution in [0.25, 0.3) is 0 Å². The molecule has 0 atom stereocenters. The van der Waals surface area contributed by atoms with Crippen LogP contribution in [0.4, 0.5) is 0 Å². The third-order valence-electron chi connectivity index (χ3n) is 4.72. The van der Waals surface area contributed by atoms with Gasteiger partial charge in [-0.1, -0.05) is 23.7 Å². The average Bonchev–Trinajstić information content (AvgIpc) is 2.82. The lowest BCUT2D eigenvalue weighted by Gasteiger charge is -2.18. The minimum Gasteiger partial charge on any atom is -0.486 e. The van der Waals surface area contributed by atoms with Crippen molar-refractivity contribution in [1.29, 1.82) is 0 Å². The molecular formula is C24H21ClN2O3S. The second-order valence-corrected chi connectivity index (χ2v) is 8.42. The summed E-state index contributed by atoms with van der Waals surface area (Å²) in [7, 11) is 0. The van der Waals surface area contributed by atoms with Crippen molar-refractivity contribution in [2.45, 2.75) is 17.6 Å². The maximum Gasteiger partial charge on any atom is 0.271 e. The molecule has 5 nitrogen and oxygen atoms in total. The third-order valence-corrected chi connectivity index (χ3v) is 6.06.